The second kappa shape index (κ2) is 8.95. The molecular formula is C18H19F2N3O2S. The quantitative estimate of drug-likeness (QED) is 0.782. The highest BCUT2D eigenvalue weighted by atomic mass is 32.2. The average molecular weight is 379 g/mol. The smallest absolute Gasteiger partial charge is 0.230 e. The molecule has 3 rings (SSSR count). The van der Waals surface area contributed by atoms with Gasteiger partial charge in [0.25, 0.3) is 0 Å². The summed E-state index contributed by atoms with van der Waals surface area (Å²) in [6, 6.07) is 7.45. The second-order valence-corrected chi connectivity index (χ2v) is 6.81. The van der Waals surface area contributed by atoms with Crippen LogP contribution < -0.4 is 10.2 Å². The van der Waals surface area contributed by atoms with Gasteiger partial charge in [-0.25, -0.2) is 13.8 Å². The molecule has 26 heavy (non-hydrogen) atoms. The van der Waals surface area contributed by atoms with Crippen LogP contribution in [0.5, 0.6) is 0 Å². The molecule has 1 fully saturated rings. The lowest BCUT2D eigenvalue weighted by molar-refractivity contribution is -0.118. The number of rotatable bonds is 6. The molecule has 0 aliphatic carbocycles. The number of thioether (sulfide) groups is 1. The molecule has 0 radical (unpaired) electrons. The Bertz CT molecular complexity index is 753. The molecule has 1 saturated heterocycles. The average Bonchev–Trinajstić information content (AvgIpc) is 2.68. The standard InChI is InChI=1S/C18H19F2N3O2S/c19-15-3-2-14(9-16(15)20)26-12-18(24)22-11-13-1-4-17(21-10-13)23-5-7-25-8-6-23/h1-4,9-10H,5-8,11-12H2,(H,22,24). The van der Waals surface area contributed by atoms with Crippen molar-refractivity contribution in [2.45, 2.75) is 11.4 Å². The van der Waals surface area contributed by atoms with E-state index in [2.05, 4.69) is 15.2 Å². The monoisotopic (exact) mass is 379 g/mol. The molecule has 0 spiro atoms. The largest absolute Gasteiger partial charge is 0.378 e. The van der Waals surface area contributed by atoms with E-state index >= 15 is 0 Å². The van der Waals surface area contributed by atoms with Crippen molar-refractivity contribution in [3.8, 4) is 0 Å². The Morgan fingerprint density at radius 1 is 1.19 bits per heavy atom. The zero-order chi connectivity index (χ0) is 18.4. The number of hydrogen-bond donors (Lipinski definition) is 1. The fraction of sp³-hybridized carbons (Fsp3) is 0.333. The number of amides is 1. The molecule has 2 heterocycles. The van der Waals surface area contributed by atoms with E-state index in [0.717, 1.165) is 48.4 Å². The van der Waals surface area contributed by atoms with Gasteiger partial charge in [-0.3, -0.25) is 4.79 Å². The predicted molar refractivity (Wildman–Crippen MR) is 96.2 cm³/mol. The minimum atomic E-state index is -0.915. The molecule has 0 saturated carbocycles. The van der Waals surface area contributed by atoms with E-state index in [1.807, 2.05) is 12.1 Å². The van der Waals surface area contributed by atoms with Crippen molar-refractivity contribution in [1.29, 1.82) is 0 Å². The number of hydrogen-bond acceptors (Lipinski definition) is 5. The van der Waals surface area contributed by atoms with Crippen LogP contribution in [0.25, 0.3) is 0 Å². The highest BCUT2D eigenvalue weighted by molar-refractivity contribution is 8.00. The van der Waals surface area contributed by atoms with Gasteiger partial charge >= 0.3 is 0 Å². The lowest BCUT2D eigenvalue weighted by Gasteiger charge is -2.27. The van der Waals surface area contributed by atoms with Gasteiger partial charge in [-0.1, -0.05) is 6.07 Å². The summed E-state index contributed by atoms with van der Waals surface area (Å²) in [5.41, 5.74) is 0.896. The van der Waals surface area contributed by atoms with Gasteiger partial charge in [-0.2, -0.15) is 0 Å². The van der Waals surface area contributed by atoms with Gasteiger partial charge < -0.3 is 15.0 Å². The summed E-state index contributed by atoms with van der Waals surface area (Å²) in [5.74, 6) is -0.965. The Morgan fingerprint density at radius 2 is 2.00 bits per heavy atom. The summed E-state index contributed by atoms with van der Waals surface area (Å²) in [7, 11) is 0. The number of morpholine rings is 1. The zero-order valence-corrected chi connectivity index (χ0v) is 14.9. The van der Waals surface area contributed by atoms with Crippen molar-refractivity contribution in [2.24, 2.45) is 0 Å². The predicted octanol–water partition coefficient (Wildman–Crippen LogP) is 2.60. The topological polar surface area (TPSA) is 54.5 Å². The van der Waals surface area contributed by atoms with Crippen molar-refractivity contribution in [3.05, 3.63) is 53.7 Å². The van der Waals surface area contributed by atoms with E-state index in [0.29, 0.717) is 24.7 Å². The number of benzene rings is 1. The van der Waals surface area contributed by atoms with Crippen LogP contribution in [0.15, 0.2) is 41.4 Å². The molecule has 2 aromatic rings. The number of nitrogens with one attached hydrogen (secondary N) is 1. The van der Waals surface area contributed by atoms with E-state index in [4.69, 9.17) is 4.74 Å². The highest BCUT2D eigenvalue weighted by Gasteiger charge is 2.12. The van der Waals surface area contributed by atoms with E-state index < -0.39 is 11.6 Å². The molecule has 1 aliphatic rings. The maximum absolute atomic E-state index is 13.1. The SMILES string of the molecule is O=C(CSc1ccc(F)c(F)c1)NCc1ccc(N2CCOCC2)nc1. The van der Waals surface area contributed by atoms with Crippen LogP contribution in [0.3, 0.4) is 0 Å². The summed E-state index contributed by atoms with van der Waals surface area (Å²) in [6.07, 6.45) is 1.74. The van der Waals surface area contributed by atoms with Crippen LogP contribution >= 0.6 is 11.8 Å². The number of nitrogens with zero attached hydrogens (tertiary/aromatic N) is 2. The number of ether oxygens (including phenoxy) is 1. The Morgan fingerprint density at radius 3 is 2.69 bits per heavy atom. The molecule has 8 heteroatoms. The number of carbonyl (C=O) groups excluding carboxylic acids is 1. The summed E-state index contributed by atoms with van der Waals surface area (Å²) >= 11 is 1.15. The maximum Gasteiger partial charge on any atom is 0.230 e. The molecule has 0 unspecified atom stereocenters. The number of pyridine rings is 1. The minimum absolute atomic E-state index is 0.129. The van der Waals surface area contributed by atoms with Crippen LogP contribution in [0.1, 0.15) is 5.56 Å². The molecule has 1 aliphatic heterocycles. The summed E-state index contributed by atoms with van der Waals surface area (Å²) in [6.45, 7) is 3.42. The summed E-state index contributed by atoms with van der Waals surface area (Å²) < 4.78 is 31.3. The van der Waals surface area contributed by atoms with Gasteiger partial charge in [0.15, 0.2) is 11.6 Å². The minimum Gasteiger partial charge on any atom is -0.378 e. The third-order valence-electron chi connectivity index (χ3n) is 3.89. The molecule has 1 aromatic heterocycles. The molecule has 1 N–H and O–H groups in total. The van der Waals surface area contributed by atoms with Crippen molar-refractivity contribution in [2.75, 3.05) is 37.0 Å². The van der Waals surface area contributed by atoms with Crippen LogP contribution in [-0.2, 0) is 16.1 Å². The summed E-state index contributed by atoms with van der Waals surface area (Å²) in [5, 5.41) is 2.79. The van der Waals surface area contributed by atoms with Crippen LogP contribution in [0, 0.1) is 11.6 Å². The molecule has 0 atom stereocenters. The van der Waals surface area contributed by atoms with Crippen LogP contribution in [0.2, 0.25) is 0 Å². The summed E-state index contributed by atoms with van der Waals surface area (Å²) in [4.78, 5) is 19.0. The fourth-order valence-corrected chi connectivity index (χ4v) is 3.22. The molecule has 0 bridgehead atoms. The van der Waals surface area contributed by atoms with Gasteiger partial charge in [0.05, 0.1) is 19.0 Å². The van der Waals surface area contributed by atoms with Crippen molar-refractivity contribution >= 4 is 23.5 Å². The first kappa shape index (κ1) is 18.6. The first-order chi connectivity index (χ1) is 12.6. The van der Waals surface area contributed by atoms with Crippen molar-refractivity contribution < 1.29 is 18.3 Å². The van der Waals surface area contributed by atoms with Crippen LogP contribution in [-0.4, -0.2) is 42.9 Å². The van der Waals surface area contributed by atoms with Gasteiger partial charge in [-0.05, 0) is 29.8 Å². The first-order valence-corrected chi connectivity index (χ1v) is 9.22. The van der Waals surface area contributed by atoms with Crippen LogP contribution in [0.4, 0.5) is 14.6 Å². The van der Waals surface area contributed by atoms with Crippen molar-refractivity contribution in [1.82, 2.24) is 10.3 Å². The normalized spacial score (nSPS) is 14.3. The Hall–Kier alpha value is -2.19. The van der Waals surface area contributed by atoms with Crippen molar-refractivity contribution in [3.63, 3.8) is 0 Å². The first-order valence-electron chi connectivity index (χ1n) is 8.24. The number of carbonyl (C=O) groups is 1. The highest BCUT2D eigenvalue weighted by Crippen LogP contribution is 2.20. The van der Waals surface area contributed by atoms with Gasteiger partial charge in [0, 0.05) is 30.7 Å². The van der Waals surface area contributed by atoms with Gasteiger partial charge in [0.2, 0.25) is 5.91 Å². The number of anilines is 1. The molecule has 1 aromatic carbocycles. The van der Waals surface area contributed by atoms with Gasteiger partial charge in [0.1, 0.15) is 5.82 Å². The molecule has 1 amide bonds. The van der Waals surface area contributed by atoms with E-state index in [1.54, 1.807) is 6.20 Å². The third-order valence-corrected chi connectivity index (χ3v) is 4.89. The number of aromatic nitrogens is 1. The maximum atomic E-state index is 13.1. The zero-order valence-electron chi connectivity index (χ0n) is 14.1. The molecule has 5 nitrogen and oxygen atoms in total. The number of halogens is 2. The van der Waals surface area contributed by atoms with E-state index in [1.165, 1.54) is 6.07 Å². The lowest BCUT2D eigenvalue weighted by atomic mass is 10.2. The van der Waals surface area contributed by atoms with Gasteiger partial charge in [-0.15, -0.1) is 11.8 Å². The fourth-order valence-electron chi connectivity index (χ4n) is 2.47. The third kappa shape index (κ3) is 5.15. The Labute approximate surface area is 154 Å². The molecular weight excluding hydrogens is 360 g/mol. The molecule has 138 valence electrons. The lowest BCUT2D eigenvalue weighted by Crippen LogP contribution is -2.36. The Kier molecular flexibility index (Phi) is 6.40. The van der Waals surface area contributed by atoms with E-state index in [9.17, 15) is 13.6 Å². The van der Waals surface area contributed by atoms with E-state index in [-0.39, 0.29) is 11.7 Å². The second-order valence-electron chi connectivity index (χ2n) is 5.77. The Balaban J connectivity index is 1.44.